The molecule has 0 amide bonds. The number of piperazine rings is 1. The Morgan fingerprint density at radius 1 is 1.07 bits per heavy atom. The molecule has 2 N–H and O–H groups in total. The highest BCUT2D eigenvalue weighted by atomic mass is 32.1. The van der Waals surface area contributed by atoms with Gasteiger partial charge in [-0.2, -0.15) is 0 Å². The number of β-amino-alcohol motifs (C(OH)–C–C–N with tert-alkyl or cyclic N) is 1. The second-order valence-electron chi connectivity index (χ2n) is 7.86. The maximum atomic E-state index is 14.1. The molecule has 2 fully saturated rings. The second-order valence-corrected chi connectivity index (χ2v) is 9.03. The fourth-order valence-electron chi connectivity index (χ4n) is 4.43. The van der Waals surface area contributed by atoms with Crippen LogP contribution in [-0.4, -0.2) is 78.0 Å². The van der Waals surface area contributed by atoms with Gasteiger partial charge < -0.3 is 15.1 Å². The van der Waals surface area contributed by atoms with Gasteiger partial charge in [0.25, 0.3) is 0 Å². The third-order valence-corrected chi connectivity index (χ3v) is 6.92. The minimum atomic E-state index is -0.382. The fraction of sp³-hybridized carbons (Fsp3) is 0.478. The summed E-state index contributed by atoms with van der Waals surface area (Å²) < 4.78 is 14.1. The first-order chi connectivity index (χ1) is 14.6. The van der Waals surface area contributed by atoms with Gasteiger partial charge in [-0.1, -0.05) is 24.0 Å². The zero-order valence-corrected chi connectivity index (χ0v) is 17.8. The Kier molecular flexibility index (Phi) is 7.03. The predicted octanol–water partition coefficient (Wildman–Crippen LogP) is 1.99. The fourth-order valence-corrected chi connectivity index (χ4v) is 5.36. The number of rotatable bonds is 4. The van der Waals surface area contributed by atoms with Crippen LogP contribution in [0.1, 0.15) is 16.2 Å². The van der Waals surface area contributed by atoms with E-state index in [9.17, 15) is 9.50 Å². The van der Waals surface area contributed by atoms with Gasteiger partial charge in [0.15, 0.2) is 0 Å². The maximum absolute atomic E-state index is 14.1. The van der Waals surface area contributed by atoms with Crippen molar-refractivity contribution in [3.63, 3.8) is 0 Å². The van der Waals surface area contributed by atoms with Crippen LogP contribution in [-0.2, 0) is 6.54 Å². The Balaban J connectivity index is 1.28. The first-order valence-electron chi connectivity index (χ1n) is 10.5. The normalized spacial score (nSPS) is 23.2. The average molecular weight is 430 g/mol. The van der Waals surface area contributed by atoms with Gasteiger partial charge in [-0.3, -0.25) is 9.80 Å². The number of benzene rings is 1. The second kappa shape index (κ2) is 9.90. The van der Waals surface area contributed by atoms with Crippen LogP contribution in [0, 0.1) is 17.7 Å². The molecule has 2 aromatic rings. The van der Waals surface area contributed by atoms with E-state index in [1.54, 1.807) is 17.4 Å². The number of piperidine rings is 1. The summed E-state index contributed by atoms with van der Waals surface area (Å²) in [5, 5.41) is 19.6. The van der Waals surface area contributed by atoms with E-state index in [1.165, 1.54) is 10.9 Å². The maximum Gasteiger partial charge on any atom is 0.146 e. The lowest BCUT2D eigenvalue weighted by Gasteiger charge is -2.45. The Morgan fingerprint density at radius 2 is 1.87 bits per heavy atom. The van der Waals surface area contributed by atoms with Gasteiger partial charge in [-0.25, -0.2) is 4.39 Å². The summed E-state index contributed by atoms with van der Waals surface area (Å²) in [5.74, 6) is 5.46. The highest BCUT2D eigenvalue weighted by Gasteiger charge is 2.34. The van der Waals surface area contributed by atoms with Crippen molar-refractivity contribution in [2.24, 2.45) is 0 Å². The summed E-state index contributed by atoms with van der Waals surface area (Å²) in [4.78, 5) is 8.95. The molecule has 0 aliphatic carbocycles. The molecule has 0 radical (unpaired) electrons. The standard InChI is InChI=1S/C23H28FN3O2S/c24-20-5-1-2-6-21(20)26-11-13-27(14-12-26)22-9-10-25(17-23(22)29)16-19-8-7-18(30-19)4-3-15-28/h1-2,5-8,22-23,28-29H,9-17H2/t22-,23-/m1/s1. The molecular formula is C23H28FN3O2S. The molecule has 30 heavy (non-hydrogen) atoms. The van der Waals surface area contributed by atoms with Gasteiger partial charge >= 0.3 is 0 Å². The number of anilines is 1. The van der Waals surface area contributed by atoms with Gasteiger partial charge in [0.1, 0.15) is 12.4 Å². The summed E-state index contributed by atoms with van der Waals surface area (Å²) in [6, 6.07) is 11.2. The van der Waals surface area contributed by atoms with Crippen LogP contribution in [0.3, 0.4) is 0 Å². The van der Waals surface area contributed by atoms with Crippen molar-refractivity contribution in [3.05, 3.63) is 52.0 Å². The molecule has 7 heteroatoms. The van der Waals surface area contributed by atoms with E-state index in [-0.39, 0.29) is 24.6 Å². The van der Waals surface area contributed by atoms with Gasteiger partial charge in [0, 0.05) is 56.7 Å². The highest BCUT2D eigenvalue weighted by molar-refractivity contribution is 7.12. The van der Waals surface area contributed by atoms with Crippen LogP contribution in [0.2, 0.25) is 0 Å². The van der Waals surface area contributed by atoms with Crippen molar-refractivity contribution in [2.45, 2.75) is 25.1 Å². The quantitative estimate of drug-likeness (QED) is 0.728. The topological polar surface area (TPSA) is 50.2 Å². The zero-order chi connectivity index (χ0) is 20.9. The largest absolute Gasteiger partial charge is 0.390 e. The Bertz CT molecular complexity index is 901. The van der Waals surface area contributed by atoms with Crippen molar-refractivity contribution >= 4 is 17.0 Å². The van der Waals surface area contributed by atoms with Crippen LogP contribution in [0.5, 0.6) is 0 Å². The van der Waals surface area contributed by atoms with Crippen LogP contribution >= 0.6 is 11.3 Å². The minimum absolute atomic E-state index is 0.124. The molecule has 0 bridgehead atoms. The lowest BCUT2D eigenvalue weighted by molar-refractivity contribution is -0.0169. The molecule has 1 aromatic heterocycles. The van der Waals surface area contributed by atoms with E-state index in [1.807, 2.05) is 18.2 Å². The lowest BCUT2D eigenvalue weighted by atomic mass is 9.99. The number of thiophene rings is 1. The minimum Gasteiger partial charge on any atom is -0.390 e. The monoisotopic (exact) mass is 429 g/mol. The van der Waals surface area contributed by atoms with E-state index in [0.29, 0.717) is 12.2 Å². The number of likely N-dealkylation sites (tertiary alicyclic amines) is 1. The Morgan fingerprint density at radius 3 is 2.60 bits per heavy atom. The Labute approximate surface area is 181 Å². The SMILES string of the molecule is OCC#Cc1ccc(CN2CC[C@@H](N3CCN(c4ccccc4F)CC3)[C@H](O)C2)s1. The summed E-state index contributed by atoms with van der Waals surface area (Å²) in [6.07, 6.45) is 0.552. The van der Waals surface area contributed by atoms with Gasteiger partial charge in [0.05, 0.1) is 16.7 Å². The van der Waals surface area contributed by atoms with Crippen molar-refractivity contribution in [1.29, 1.82) is 0 Å². The molecule has 3 heterocycles. The van der Waals surface area contributed by atoms with E-state index in [2.05, 4.69) is 32.6 Å². The molecule has 0 saturated carbocycles. The molecule has 2 aliphatic rings. The number of hydrogen-bond acceptors (Lipinski definition) is 6. The smallest absolute Gasteiger partial charge is 0.146 e. The number of hydrogen-bond donors (Lipinski definition) is 2. The zero-order valence-electron chi connectivity index (χ0n) is 17.0. The molecule has 1 aromatic carbocycles. The molecule has 4 rings (SSSR count). The van der Waals surface area contributed by atoms with Crippen LogP contribution in [0.25, 0.3) is 0 Å². The van der Waals surface area contributed by atoms with Crippen molar-refractivity contribution < 1.29 is 14.6 Å². The summed E-state index contributed by atoms with van der Waals surface area (Å²) in [6.45, 7) is 5.54. The first-order valence-corrected chi connectivity index (χ1v) is 11.3. The molecule has 0 spiro atoms. The van der Waals surface area contributed by atoms with E-state index >= 15 is 0 Å². The lowest BCUT2D eigenvalue weighted by Crippen LogP contribution is -2.58. The number of aliphatic hydroxyl groups is 2. The van der Waals surface area contributed by atoms with Gasteiger partial charge in [-0.15, -0.1) is 11.3 Å². The first kappa shape index (κ1) is 21.3. The number of nitrogens with zero attached hydrogens (tertiary/aromatic N) is 3. The third kappa shape index (κ3) is 5.02. The predicted molar refractivity (Wildman–Crippen MR) is 118 cm³/mol. The van der Waals surface area contributed by atoms with Gasteiger partial charge in [-0.05, 0) is 30.7 Å². The third-order valence-electron chi connectivity index (χ3n) is 5.94. The molecular weight excluding hydrogens is 401 g/mol. The number of aliphatic hydroxyl groups excluding tert-OH is 2. The summed E-state index contributed by atoms with van der Waals surface area (Å²) in [7, 11) is 0. The number of para-hydroxylation sites is 1. The summed E-state index contributed by atoms with van der Waals surface area (Å²) in [5.41, 5.74) is 0.673. The van der Waals surface area contributed by atoms with Crippen molar-refractivity contribution in [3.8, 4) is 11.8 Å². The van der Waals surface area contributed by atoms with E-state index in [0.717, 1.165) is 50.6 Å². The van der Waals surface area contributed by atoms with Crippen molar-refractivity contribution in [1.82, 2.24) is 9.80 Å². The van der Waals surface area contributed by atoms with Gasteiger partial charge in [0.2, 0.25) is 0 Å². The summed E-state index contributed by atoms with van der Waals surface area (Å²) >= 11 is 1.64. The number of halogens is 1. The molecule has 0 unspecified atom stereocenters. The molecule has 2 aliphatic heterocycles. The molecule has 2 atom stereocenters. The molecule has 160 valence electrons. The molecule has 5 nitrogen and oxygen atoms in total. The van der Waals surface area contributed by atoms with Crippen LogP contribution in [0.4, 0.5) is 10.1 Å². The average Bonchev–Trinajstić information content (AvgIpc) is 3.20. The van der Waals surface area contributed by atoms with Crippen LogP contribution in [0.15, 0.2) is 36.4 Å². The van der Waals surface area contributed by atoms with Crippen LogP contribution < -0.4 is 4.90 Å². The Hall–Kier alpha value is -1.95. The highest BCUT2D eigenvalue weighted by Crippen LogP contribution is 2.25. The molecule has 2 saturated heterocycles. The van der Waals surface area contributed by atoms with E-state index < -0.39 is 0 Å². The van der Waals surface area contributed by atoms with Crippen molar-refractivity contribution in [2.75, 3.05) is 50.8 Å². The van der Waals surface area contributed by atoms with E-state index in [4.69, 9.17) is 5.11 Å².